The van der Waals surface area contributed by atoms with E-state index in [0.717, 1.165) is 42.4 Å². The number of piperidine rings is 1. The summed E-state index contributed by atoms with van der Waals surface area (Å²) >= 11 is 6.69. The van der Waals surface area contributed by atoms with Crippen LogP contribution in [0.3, 0.4) is 0 Å². The second kappa shape index (κ2) is 8.58. The van der Waals surface area contributed by atoms with Gasteiger partial charge in [0.2, 0.25) is 5.95 Å². The van der Waals surface area contributed by atoms with Crippen LogP contribution >= 0.6 is 11.6 Å². The van der Waals surface area contributed by atoms with Gasteiger partial charge in [0.1, 0.15) is 6.04 Å². The monoisotopic (exact) mass is 518 g/mol. The molecule has 3 fully saturated rings. The maximum absolute atomic E-state index is 13.5. The summed E-state index contributed by atoms with van der Waals surface area (Å²) in [5.74, 6) is -2.03. The highest BCUT2D eigenvalue weighted by molar-refractivity contribution is 6.32. The number of anilines is 2. The number of alkyl halides is 2. The standard InChI is InChI=1S/C25H29ClF2N6O2/c1-14-20(11-30-34(14)21-9-25(21,27)28)32-23-29-10-16-7-18(26)17(8-19(16)31-23)15-3-5-33(6-4-15)24(2)13-36-12-22(24)35/h7-8,10-11,15,21-22,35H,3-6,9,12-13H2,1-2H3,(H,29,31,32)/t21?,22-,24?/m0/s1. The van der Waals surface area contributed by atoms with Gasteiger partial charge in [-0.2, -0.15) is 5.10 Å². The van der Waals surface area contributed by atoms with Crippen molar-refractivity contribution in [3.8, 4) is 0 Å². The first-order valence-corrected chi connectivity index (χ1v) is 12.7. The Morgan fingerprint density at radius 3 is 2.64 bits per heavy atom. The van der Waals surface area contributed by atoms with Crippen LogP contribution in [0.5, 0.6) is 0 Å². The third kappa shape index (κ3) is 4.04. The van der Waals surface area contributed by atoms with Crippen molar-refractivity contribution in [2.24, 2.45) is 0 Å². The van der Waals surface area contributed by atoms with Gasteiger partial charge in [0.05, 0.1) is 48.0 Å². The van der Waals surface area contributed by atoms with Gasteiger partial charge in [-0.3, -0.25) is 9.58 Å². The number of ether oxygens (including phenoxy) is 1. The number of rotatable bonds is 5. The van der Waals surface area contributed by atoms with E-state index in [9.17, 15) is 13.9 Å². The van der Waals surface area contributed by atoms with E-state index in [2.05, 4.69) is 32.2 Å². The van der Waals surface area contributed by atoms with Gasteiger partial charge in [-0.1, -0.05) is 11.6 Å². The molecule has 36 heavy (non-hydrogen) atoms. The molecule has 2 saturated heterocycles. The minimum absolute atomic E-state index is 0.183. The molecule has 192 valence electrons. The highest BCUT2D eigenvalue weighted by Crippen LogP contribution is 2.53. The van der Waals surface area contributed by atoms with Gasteiger partial charge in [-0.25, -0.2) is 18.7 Å². The van der Waals surface area contributed by atoms with Crippen molar-refractivity contribution < 1.29 is 18.6 Å². The van der Waals surface area contributed by atoms with E-state index in [1.165, 1.54) is 10.9 Å². The molecule has 0 radical (unpaired) electrons. The third-order valence-corrected chi connectivity index (χ3v) is 8.45. The van der Waals surface area contributed by atoms with Gasteiger partial charge in [-0.15, -0.1) is 0 Å². The number of fused-ring (bicyclic) bond motifs is 1. The van der Waals surface area contributed by atoms with Crippen LogP contribution in [0, 0.1) is 6.92 Å². The molecule has 11 heteroatoms. The molecule has 2 N–H and O–H groups in total. The zero-order valence-corrected chi connectivity index (χ0v) is 21.0. The zero-order chi connectivity index (χ0) is 25.2. The average molecular weight is 519 g/mol. The predicted molar refractivity (Wildman–Crippen MR) is 132 cm³/mol. The lowest BCUT2D eigenvalue weighted by Crippen LogP contribution is -2.56. The number of hydrogen-bond acceptors (Lipinski definition) is 7. The van der Waals surface area contributed by atoms with Crippen LogP contribution in [0.25, 0.3) is 10.9 Å². The van der Waals surface area contributed by atoms with Crippen LogP contribution in [0.1, 0.15) is 49.4 Å². The summed E-state index contributed by atoms with van der Waals surface area (Å²) in [6, 6.07) is 3.05. The summed E-state index contributed by atoms with van der Waals surface area (Å²) in [6.07, 6.45) is 4.43. The number of halogens is 3. The molecule has 2 aliphatic heterocycles. The van der Waals surface area contributed by atoms with E-state index in [4.69, 9.17) is 16.3 Å². The van der Waals surface area contributed by atoms with Gasteiger partial charge in [0.15, 0.2) is 0 Å². The molecule has 0 spiro atoms. The summed E-state index contributed by atoms with van der Waals surface area (Å²) in [5.41, 5.74) is 2.70. The molecule has 1 aromatic carbocycles. The number of likely N-dealkylation sites (tertiary alicyclic amines) is 1. The molecule has 0 amide bonds. The molecular weight excluding hydrogens is 490 g/mol. The smallest absolute Gasteiger partial charge is 0.272 e. The Balaban J connectivity index is 1.20. The molecule has 6 rings (SSSR count). The quantitative estimate of drug-likeness (QED) is 0.516. The van der Waals surface area contributed by atoms with Gasteiger partial charge >= 0.3 is 0 Å². The molecular formula is C25H29ClF2N6O2. The fraction of sp³-hybridized carbons (Fsp3) is 0.560. The van der Waals surface area contributed by atoms with Crippen LogP contribution in [-0.2, 0) is 4.74 Å². The van der Waals surface area contributed by atoms with E-state index in [0.29, 0.717) is 35.6 Å². The summed E-state index contributed by atoms with van der Waals surface area (Å²) < 4.78 is 33.9. The molecule has 2 aromatic heterocycles. The molecule has 1 saturated carbocycles. The van der Waals surface area contributed by atoms with E-state index in [-0.39, 0.29) is 17.9 Å². The maximum atomic E-state index is 13.5. The predicted octanol–water partition coefficient (Wildman–Crippen LogP) is 4.44. The molecule has 2 unspecified atom stereocenters. The maximum Gasteiger partial charge on any atom is 0.272 e. The highest BCUT2D eigenvalue weighted by atomic mass is 35.5. The summed E-state index contributed by atoms with van der Waals surface area (Å²) in [4.78, 5) is 11.4. The lowest BCUT2D eigenvalue weighted by Gasteiger charge is -2.43. The largest absolute Gasteiger partial charge is 0.389 e. The van der Waals surface area contributed by atoms with Crippen molar-refractivity contribution in [3.63, 3.8) is 0 Å². The first kappa shape index (κ1) is 24.0. The second-order valence-corrected chi connectivity index (χ2v) is 10.9. The normalized spacial score (nSPS) is 28.6. The first-order valence-electron chi connectivity index (χ1n) is 12.3. The number of benzene rings is 1. The van der Waals surface area contributed by atoms with Gasteiger partial charge in [0.25, 0.3) is 5.92 Å². The number of aliphatic hydroxyl groups is 1. The van der Waals surface area contributed by atoms with Crippen molar-refractivity contribution in [1.29, 1.82) is 0 Å². The second-order valence-electron chi connectivity index (χ2n) is 10.5. The van der Waals surface area contributed by atoms with Crippen molar-refractivity contribution in [1.82, 2.24) is 24.6 Å². The van der Waals surface area contributed by atoms with Crippen molar-refractivity contribution in [2.45, 2.75) is 62.6 Å². The molecule has 3 atom stereocenters. The highest BCUT2D eigenvalue weighted by Gasteiger charge is 2.59. The fourth-order valence-electron chi connectivity index (χ4n) is 5.54. The van der Waals surface area contributed by atoms with Crippen LogP contribution in [-0.4, -0.2) is 73.6 Å². The molecule has 1 aliphatic carbocycles. The Hall–Kier alpha value is -2.40. The number of aromatic nitrogens is 4. The Labute approximate surface area is 212 Å². The third-order valence-electron chi connectivity index (χ3n) is 8.12. The van der Waals surface area contributed by atoms with E-state index in [1.54, 1.807) is 13.1 Å². The minimum atomic E-state index is -2.69. The van der Waals surface area contributed by atoms with Crippen molar-refractivity contribution >= 4 is 34.1 Å². The van der Waals surface area contributed by atoms with Crippen molar-refractivity contribution in [3.05, 3.63) is 40.8 Å². The number of nitrogens with zero attached hydrogens (tertiary/aromatic N) is 5. The van der Waals surface area contributed by atoms with Crippen molar-refractivity contribution in [2.75, 3.05) is 31.6 Å². The number of aliphatic hydroxyl groups excluding tert-OH is 1. The van der Waals surface area contributed by atoms with E-state index >= 15 is 0 Å². The number of hydrogen-bond donors (Lipinski definition) is 2. The summed E-state index contributed by atoms with van der Waals surface area (Å²) in [6.45, 7) is 6.47. The van der Waals surface area contributed by atoms with Gasteiger partial charge in [0, 0.05) is 23.0 Å². The zero-order valence-electron chi connectivity index (χ0n) is 20.2. The lowest BCUT2D eigenvalue weighted by atomic mass is 9.85. The Morgan fingerprint density at radius 2 is 1.97 bits per heavy atom. The summed E-state index contributed by atoms with van der Waals surface area (Å²) in [7, 11) is 0. The van der Waals surface area contributed by atoms with Gasteiger partial charge < -0.3 is 15.2 Å². The summed E-state index contributed by atoms with van der Waals surface area (Å²) in [5, 5.41) is 19.2. The Kier molecular flexibility index (Phi) is 5.71. The van der Waals surface area contributed by atoms with E-state index in [1.807, 2.05) is 12.1 Å². The SMILES string of the molecule is Cc1c(Nc2ncc3cc(Cl)c(C4CCN(C5(C)COC[C@@H]5O)CC4)cc3n2)cnn1C1CC1(F)F. The Morgan fingerprint density at radius 1 is 1.22 bits per heavy atom. The molecule has 0 bridgehead atoms. The minimum Gasteiger partial charge on any atom is -0.389 e. The molecule has 8 nitrogen and oxygen atoms in total. The molecule has 3 aromatic rings. The van der Waals surface area contributed by atoms with Crippen LogP contribution in [0.2, 0.25) is 5.02 Å². The van der Waals surface area contributed by atoms with E-state index < -0.39 is 18.1 Å². The van der Waals surface area contributed by atoms with Gasteiger partial charge in [-0.05, 0) is 63.4 Å². The average Bonchev–Trinajstić information content (AvgIpc) is 3.13. The molecule has 4 heterocycles. The topological polar surface area (TPSA) is 88.3 Å². The molecule has 3 aliphatic rings. The van der Waals surface area contributed by atoms with Crippen LogP contribution in [0.4, 0.5) is 20.4 Å². The lowest BCUT2D eigenvalue weighted by molar-refractivity contribution is -0.00211. The van der Waals surface area contributed by atoms with Crippen LogP contribution in [0.15, 0.2) is 24.5 Å². The van der Waals surface area contributed by atoms with Crippen LogP contribution < -0.4 is 5.32 Å². The number of nitrogens with one attached hydrogen (secondary N) is 1. The fourth-order valence-corrected chi connectivity index (χ4v) is 5.87. The Bertz CT molecular complexity index is 1310. The first-order chi connectivity index (χ1) is 17.2.